The van der Waals surface area contributed by atoms with E-state index in [2.05, 4.69) is 10.6 Å². The molecule has 2 aromatic rings. The first-order chi connectivity index (χ1) is 10.7. The Morgan fingerprint density at radius 3 is 2.73 bits per heavy atom. The van der Waals surface area contributed by atoms with Crippen molar-refractivity contribution >= 4 is 22.6 Å². The van der Waals surface area contributed by atoms with Crippen LogP contribution in [0.3, 0.4) is 0 Å². The zero-order valence-electron chi connectivity index (χ0n) is 12.2. The molecule has 1 aliphatic heterocycles. The number of carbonyl (C=O) groups excluding carboxylic acids is 2. The van der Waals surface area contributed by atoms with E-state index < -0.39 is 0 Å². The van der Waals surface area contributed by atoms with Gasteiger partial charge in [0.25, 0.3) is 0 Å². The molecule has 1 heterocycles. The van der Waals surface area contributed by atoms with E-state index in [4.69, 9.17) is 5.73 Å². The average molecular weight is 297 g/mol. The van der Waals surface area contributed by atoms with Crippen molar-refractivity contribution in [3.8, 4) is 0 Å². The highest BCUT2D eigenvalue weighted by atomic mass is 16.2. The van der Waals surface area contributed by atoms with E-state index in [9.17, 15) is 9.59 Å². The first kappa shape index (κ1) is 14.5. The maximum atomic E-state index is 12.2. The van der Waals surface area contributed by atoms with Gasteiger partial charge >= 0.3 is 0 Å². The van der Waals surface area contributed by atoms with Crippen LogP contribution in [-0.2, 0) is 9.59 Å². The molecule has 1 aliphatic rings. The summed E-state index contributed by atoms with van der Waals surface area (Å²) in [6.07, 6.45) is 0.251. The SMILES string of the molecule is NCC(NC(=O)C1CNC(=O)C1)c1ccc2ccccc2c1. The summed E-state index contributed by atoms with van der Waals surface area (Å²) in [4.78, 5) is 23.5. The number of hydrogen-bond donors (Lipinski definition) is 3. The molecule has 22 heavy (non-hydrogen) atoms. The minimum atomic E-state index is -0.304. The molecule has 1 fully saturated rings. The van der Waals surface area contributed by atoms with Crippen molar-refractivity contribution in [3.05, 3.63) is 48.0 Å². The quantitative estimate of drug-likeness (QED) is 0.790. The minimum absolute atomic E-state index is 0.0739. The minimum Gasteiger partial charge on any atom is -0.355 e. The lowest BCUT2D eigenvalue weighted by Gasteiger charge is -2.19. The molecule has 2 amide bonds. The second-order valence-electron chi connectivity index (χ2n) is 5.61. The predicted molar refractivity (Wildman–Crippen MR) is 85.0 cm³/mol. The number of rotatable bonds is 4. The molecule has 0 aliphatic carbocycles. The van der Waals surface area contributed by atoms with Gasteiger partial charge in [-0.25, -0.2) is 0 Å². The van der Waals surface area contributed by atoms with Crippen LogP contribution in [-0.4, -0.2) is 24.9 Å². The zero-order valence-corrected chi connectivity index (χ0v) is 12.2. The second-order valence-corrected chi connectivity index (χ2v) is 5.61. The first-order valence-corrected chi connectivity index (χ1v) is 7.43. The van der Waals surface area contributed by atoms with E-state index in [0.29, 0.717) is 13.1 Å². The molecule has 5 nitrogen and oxygen atoms in total. The number of carbonyl (C=O) groups is 2. The average Bonchev–Trinajstić information content (AvgIpc) is 2.98. The third-order valence-electron chi connectivity index (χ3n) is 4.08. The smallest absolute Gasteiger partial charge is 0.225 e. The Balaban J connectivity index is 1.77. The Bertz CT molecular complexity index is 714. The number of amides is 2. The summed E-state index contributed by atoms with van der Waals surface area (Å²) in [6.45, 7) is 0.720. The van der Waals surface area contributed by atoms with Crippen molar-refractivity contribution in [1.29, 1.82) is 0 Å². The van der Waals surface area contributed by atoms with Crippen molar-refractivity contribution in [3.63, 3.8) is 0 Å². The van der Waals surface area contributed by atoms with Crippen LogP contribution < -0.4 is 16.4 Å². The van der Waals surface area contributed by atoms with Crippen LogP contribution >= 0.6 is 0 Å². The third kappa shape index (κ3) is 2.94. The molecule has 2 unspecified atom stereocenters. The van der Waals surface area contributed by atoms with Gasteiger partial charge in [-0.1, -0.05) is 36.4 Å². The fourth-order valence-corrected chi connectivity index (χ4v) is 2.78. The van der Waals surface area contributed by atoms with E-state index in [-0.39, 0.29) is 30.2 Å². The summed E-state index contributed by atoms with van der Waals surface area (Å²) in [5.74, 6) is -0.501. The summed E-state index contributed by atoms with van der Waals surface area (Å²) >= 11 is 0. The molecule has 2 aromatic carbocycles. The summed E-state index contributed by atoms with van der Waals surface area (Å²) < 4.78 is 0. The molecule has 114 valence electrons. The van der Waals surface area contributed by atoms with Crippen LogP contribution in [0.15, 0.2) is 42.5 Å². The third-order valence-corrected chi connectivity index (χ3v) is 4.08. The number of benzene rings is 2. The molecule has 2 atom stereocenters. The molecule has 3 rings (SSSR count). The molecule has 1 saturated heterocycles. The van der Waals surface area contributed by atoms with Gasteiger partial charge in [0.15, 0.2) is 0 Å². The van der Waals surface area contributed by atoms with E-state index in [1.165, 1.54) is 0 Å². The Morgan fingerprint density at radius 1 is 1.27 bits per heavy atom. The monoisotopic (exact) mass is 297 g/mol. The van der Waals surface area contributed by atoms with Crippen LogP contribution in [0.5, 0.6) is 0 Å². The fourth-order valence-electron chi connectivity index (χ4n) is 2.78. The predicted octanol–water partition coefficient (Wildman–Crippen LogP) is 1.09. The van der Waals surface area contributed by atoms with Gasteiger partial charge in [-0.2, -0.15) is 0 Å². The van der Waals surface area contributed by atoms with Crippen molar-refractivity contribution in [2.24, 2.45) is 11.7 Å². The van der Waals surface area contributed by atoms with Crippen LogP contribution in [0.2, 0.25) is 0 Å². The fraction of sp³-hybridized carbons (Fsp3) is 0.294. The number of nitrogens with one attached hydrogen (secondary N) is 2. The van der Waals surface area contributed by atoms with Crippen molar-refractivity contribution in [2.75, 3.05) is 13.1 Å². The number of fused-ring (bicyclic) bond motifs is 1. The molecule has 4 N–H and O–H groups in total. The second kappa shape index (κ2) is 6.15. The van der Waals surface area contributed by atoms with Gasteiger partial charge < -0.3 is 16.4 Å². The normalized spacial score (nSPS) is 19.0. The summed E-state index contributed by atoms with van der Waals surface area (Å²) in [5, 5.41) is 7.90. The van der Waals surface area contributed by atoms with Gasteiger partial charge in [-0.3, -0.25) is 9.59 Å². The molecule has 5 heteroatoms. The van der Waals surface area contributed by atoms with E-state index in [1.54, 1.807) is 0 Å². The Kier molecular flexibility index (Phi) is 4.06. The van der Waals surface area contributed by atoms with Crippen LogP contribution in [0, 0.1) is 5.92 Å². The zero-order chi connectivity index (χ0) is 15.5. The highest BCUT2D eigenvalue weighted by molar-refractivity contribution is 5.89. The molecule has 0 spiro atoms. The molecule has 0 saturated carbocycles. The maximum absolute atomic E-state index is 12.2. The Hall–Kier alpha value is -2.40. The molecular weight excluding hydrogens is 278 g/mol. The highest BCUT2D eigenvalue weighted by Gasteiger charge is 2.29. The number of hydrogen-bond acceptors (Lipinski definition) is 3. The van der Waals surface area contributed by atoms with Crippen LogP contribution in [0.4, 0.5) is 0 Å². The Morgan fingerprint density at radius 2 is 2.05 bits per heavy atom. The van der Waals surface area contributed by atoms with Crippen LogP contribution in [0.25, 0.3) is 10.8 Å². The van der Waals surface area contributed by atoms with Crippen molar-refractivity contribution in [1.82, 2.24) is 10.6 Å². The number of nitrogens with two attached hydrogens (primary N) is 1. The largest absolute Gasteiger partial charge is 0.355 e. The topological polar surface area (TPSA) is 84.2 Å². The van der Waals surface area contributed by atoms with Gasteiger partial charge in [-0.15, -0.1) is 0 Å². The highest BCUT2D eigenvalue weighted by Crippen LogP contribution is 2.21. The van der Waals surface area contributed by atoms with Gasteiger partial charge in [0.2, 0.25) is 11.8 Å². The van der Waals surface area contributed by atoms with Gasteiger partial charge in [0, 0.05) is 19.5 Å². The standard InChI is InChI=1S/C17H19N3O2/c18-9-15(20-17(22)14-8-16(21)19-10-14)13-6-5-11-3-1-2-4-12(11)7-13/h1-7,14-15H,8-10,18H2,(H,19,21)(H,20,22). The lowest BCUT2D eigenvalue weighted by Crippen LogP contribution is -2.38. The summed E-state index contributed by atoms with van der Waals surface area (Å²) in [6, 6.07) is 13.9. The van der Waals surface area contributed by atoms with E-state index in [0.717, 1.165) is 16.3 Å². The van der Waals surface area contributed by atoms with Crippen LogP contribution in [0.1, 0.15) is 18.0 Å². The van der Waals surface area contributed by atoms with Gasteiger partial charge in [0.1, 0.15) is 0 Å². The Labute approximate surface area is 128 Å². The van der Waals surface area contributed by atoms with E-state index >= 15 is 0 Å². The van der Waals surface area contributed by atoms with Gasteiger partial charge in [-0.05, 0) is 22.4 Å². The molecule has 0 radical (unpaired) electrons. The summed E-state index contributed by atoms with van der Waals surface area (Å²) in [7, 11) is 0. The summed E-state index contributed by atoms with van der Waals surface area (Å²) in [5.41, 5.74) is 6.80. The van der Waals surface area contributed by atoms with E-state index in [1.807, 2.05) is 42.5 Å². The van der Waals surface area contributed by atoms with Gasteiger partial charge in [0.05, 0.1) is 12.0 Å². The maximum Gasteiger partial charge on any atom is 0.225 e. The molecule has 0 aromatic heterocycles. The molecule has 0 bridgehead atoms. The lowest BCUT2D eigenvalue weighted by atomic mass is 10.0. The lowest BCUT2D eigenvalue weighted by molar-refractivity contribution is -0.127. The molecular formula is C17H19N3O2. The van der Waals surface area contributed by atoms with Crippen molar-refractivity contribution in [2.45, 2.75) is 12.5 Å². The van der Waals surface area contributed by atoms with Crippen molar-refractivity contribution < 1.29 is 9.59 Å². The first-order valence-electron chi connectivity index (χ1n) is 7.43.